The lowest BCUT2D eigenvalue weighted by Gasteiger charge is -1.99. The van der Waals surface area contributed by atoms with Crippen molar-refractivity contribution in [3.8, 4) is 0 Å². The van der Waals surface area contributed by atoms with Crippen LogP contribution in [-0.4, -0.2) is 5.91 Å². The monoisotopic (exact) mass is 261 g/mol. The fourth-order valence-corrected chi connectivity index (χ4v) is 2.01. The van der Waals surface area contributed by atoms with Crippen LogP contribution in [0.25, 0.3) is 6.08 Å². The minimum atomic E-state index is -0.262. The highest BCUT2D eigenvalue weighted by molar-refractivity contribution is 7.08. The highest BCUT2D eigenvalue weighted by atomic mass is 32.1. The summed E-state index contributed by atoms with van der Waals surface area (Å²) in [5, 5.41) is 6.56. The Morgan fingerprint density at radius 1 is 1.28 bits per heavy atom. The molecule has 0 atom stereocenters. The van der Waals surface area contributed by atoms with Crippen molar-refractivity contribution in [2.75, 3.05) is 5.32 Å². The maximum atomic E-state index is 12.7. The van der Waals surface area contributed by atoms with Crippen LogP contribution in [0.1, 0.15) is 12.0 Å². The summed E-state index contributed by atoms with van der Waals surface area (Å²) < 4.78 is 12.7. The third-order valence-electron chi connectivity index (χ3n) is 2.29. The smallest absolute Gasteiger partial charge is 0.228 e. The summed E-state index contributed by atoms with van der Waals surface area (Å²) in [6, 6.07) is 7.98. The molecular weight excluding hydrogens is 249 g/mol. The Morgan fingerprint density at radius 3 is 2.72 bits per heavy atom. The van der Waals surface area contributed by atoms with Crippen molar-refractivity contribution in [3.05, 3.63) is 58.5 Å². The van der Waals surface area contributed by atoms with Crippen molar-refractivity contribution < 1.29 is 9.18 Å². The summed E-state index contributed by atoms with van der Waals surface area (Å²) in [6.45, 7) is 0. The number of rotatable bonds is 4. The minimum absolute atomic E-state index is 0.0632. The molecule has 4 heteroatoms. The normalized spacial score (nSPS) is 10.7. The molecule has 0 aliphatic carbocycles. The van der Waals surface area contributed by atoms with Crippen molar-refractivity contribution in [1.29, 1.82) is 0 Å². The van der Waals surface area contributed by atoms with E-state index in [1.165, 1.54) is 23.5 Å². The number of carbonyl (C=O) groups is 1. The summed E-state index contributed by atoms with van der Waals surface area (Å²) in [6.07, 6.45) is 3.86. The third kappa shape index (κ3) is 3.82. The Bertz CT molecular complexity index is 531. The van der Waals surface area contributed by atoms with Gasteiger partial charge in [0.2, 0.25) is 5.91 Å². The van der Waals surface area contributed by atoms with E-state index in [1.807, 2.05) is 16.8 Å². The predicted octanol–water partition coefficient (Wildman–Crippen LogP) is 3.93. The number of amides is 1. The molecule has 1 N–H and O–H groups in total. The molecule has 0 unspecified atom stereocenters. The third-order valence-corrected chi connectivity index (χ3v) is 2.97. The van der Waals surface area contributed by atoms with Gasteiger partial charge in [0.25, 0.3) is 0 Å². The molecule has 0 fully saturated rings. The Balaban J connectivity index is 1.84. The van der Waals surface area contributed by atoms with E-state index in [1.54, 1.807) is 24.3 Å². The highest BCUT2D eigenvalue weighted by Crippen LogP contribution is 2.12. The molecule has 0 spiro atoms. The molecular formula is C14H12FNOS. The van der Waals surface area contributed by atoms with Gasteiger partial charge in [-0.2, -0.15) is 11.3 Å². The summed E-state index contributed by atoms with van der Waals surface area (Å²) in [5.74, 6) is -0.325. The van der Waals surface area contributed by atoms with Gasteiger partial charge in [-0.05, 0) is 29.1 Å². The zero-order valence-electron chi connectivity index (χ0n) is 9.60. The van der Waals surface area contributed by atoms with Crippen LogP contribution in [0.2, 0.25) is 0 Å². The van der Waals surface area contributed by atoms with Gasteiger partial charge in [0.1, 0.15) is 5.82 Å². The zero-order chi connectivity index (χ0) is 12.8. The molecule has 1 heterocycles. The molecule has 0 bridgehead atoms. The molecule has 1 amide bonds. The number of benzene rings is 1. The Kier molecular flexibility index (Phi) is 4.25. The lowest BCUT2D eigenvalue weighted by molar-refractivity contribution is -0.115. The molecule has 1 aromatic carbocycles. The summed E-state index contributed by atoms with van der Waals surface area (Å²) in [7, 11) is 0. The second-order valence-electron chi connectivity index (χ2n) is 3.72. The first-order valence-corrected chi connectivity index (χ1v) is 6.42. The minimum Gasteiger partial charge on any atom is -0.325 e. The Hall–Kier alpha value is -1.94. The molecule has 2 aromatic rings. The SMILES string of the molecule is O=C(CC=Cc1ccc(F)cc1)Nc1ccsc1. The second kappa shape index (κ2) is 6.12. The molecule has 0 radical (unpaired) electrons. The van der Waals surface area contributed by atoms with Gasteiger partial charge >= 0.3 is 0 Å². The fourth-order valence-electron chi connectivity index (χ4n) is 1.42. The summed E-state index contributed by atoms with van der Waals surface area (Å²) in [5.41, 5.74) is 1.69. The van der Waals surface area contributed by atoms with Crippen LogP contribution in [0.5, 0.6) is 0 Å². The van der Waals surface area contributed by atoms with Gasteiger partial charge in [0.05, 0.1) is 5.69 Å². The molecule has 18 heavy (non-hydrogen) atoms. The van der Waals surface area contributed by atoms with Gasteiger partial charge < -0.3 is 5.32 Å². The van der Waals surface area contributed by atoms with Crippen molar-refractivity contribution in [1.82, 2.24) is 0 Å². The van der Waals surface area contributed by atoms with Crippen LogP contribution in [-0.2, 0) is 4.79 Å². The van der Waals surface area contributed by atoms with E-state index in [4.69, 9.17) is 0 Å². The van der Waals surface area contributed by atoms with E-state index in [-0.39, 0.29) is 11.7 Å². The van der Waals surface area contributed by atoms with Gasteiger partial charge in [-0.15, -0.1) is 0 Å². The Labute approximate surface area is 109 Å². The molecule has 0 aliphatic heterocycles. The van der Waals surface area contributed by atoms with Crippen molar-refractivity contribution >= 4 is 29.0 Å². The van der Waals surface area contributed by atoms with Crippen LogP contribution in [0.3, 0.4) is 0 Å². The van der Waals surface area contributed by atoms with Gasteiger partial charge in [0, 0.05) is 11.8 Å². The molecule has 0 aliphatic rings. The van der Waals surface area contributed by atoms with Crippen LogP contribution in [0.4, 0.5) is 10.1 Å². The number of thiophene rings is 1. The van der Waals surface area contributed by atoms with E-state index < -0.39 is 0 Å². The van der Waals surface area contributed by atoms with E-state index in [9.17, 15) is 9.18 Å². The average Bonchev–Trinajstić information content (AvgIpc) is 2.84. The largest absolute Gasteiger partial charge is 0.325 e. The van der Waals surface area contributed by atoms with E-state index >= 15 is 0 Å². The lowest BCUT2D eigenvalue weighted by atomic mass is 10.2. The standard InChI is InChI=1S/C14H12FNOS/c15-12-6-4-11(5-7-12)2-1-3-14(17)16-13-8-9-18-10-13/h1-2,4-10H,3H2,(H,16,17). The first-order valence-electron chi connectivity index (χ1n) is 5.48. The van der Waals surface area contributed by atoms with Gasteiger partial charge in [0.15, 0.2) is 0 Å². The second-order valence-corrected chi connectivity index (χ2v) is 4.50. The topological polar surface area (TPSA) is 29.1 Å². The molecule has 0 saturated carbocycles. The molecule has 92 valence electrons. The van der Waals surface area contributed by atoms with Gasteiger partial charge in [-0.3, -0.25) is 4.79 Å². The highest BCUT2D eigenvalue weighted by Gasteiger charge is 1.99. The number of anilines is 1. The predicted molar refractivity (Wildman–Crippen MR) is 73.0 cm³/mol. The van der Waals surface area contributed by atoms with E-state index in [0.29, 0.717) is 6.42 Å². The molecule has 1 aromatic heterocycles. The zero-order valence-corrected chi connectivity index (χ0v) is 10.4. The number of nitrogens with one attached hydrogen (secondary N) is 1. The first-order chi connectivity index (χ1) is 8.74. The average molecular weight is 261 g/mol. The number of hydrogen-bond acceptors (Lipinski definition) is 2. The maximum absolute atomic E-state index is 12.7. The summed E-state index contributed by atoms with van der Waals surface area (Å²) in [4.78, 5) is 11.5. The van der Waals surface area contributed by atoms with Gasteiger partial charge in [-0.1, -0.05) is 24.3 Å². The van der Waals surface area contributed by atoms with Crippen molar-refractivity contribution in [3.63, 3.8) is 0 Å². The lowest BCUT2D eigenvalue weighted by Crippen LogP contribution is -2.08. The van der Waals surface area contributed by atoms with Crippen molar-refractivity contribution in [2.24, 2.45) is 0 Å². The van der Waals surface area contributed by atoms with Crippen molar-refractivity contribution in [2.45, 2.75) is 6.42 Å². The van der Waals surface area contributed by atoms with E-state index in [2.05, 4.69) is 5.32 Å². The van der Waals surface area contributed by atoms with Gasteiger partial charge in [-0.25, -0.2) is 4.39 Å². The molecule has 2 rings (SSSR count). The van der Waals surface area contributed by atoms with Crippen LogP contribution >= 0.6 is 11.3 Å². The number of carbonyl (C=O) groups excluding carboxylic acids is 1. The van der Waals surface area contributed by atoms with Crippen LogP contribution in [0, 0.1) is 5.82 Å². The molecule has 2 nitrogen and oxygen atoms in total. The van der Waals surface area contributed by atoms with E-state index in [0.717, 1.165) is 11.3 Å². The maximum Gasteiger partial charge on any atom is 0.228 e. The first kappa shape index (κ1) is 12.5. The van der Waals surface area contributed by atoms with Crippen LogP contribution in [0.15, 0.2) is 47.2 Å². The fraction of sp³-hybridized carbons (Fsp3) is 0.0714. The number of halogens is 1. The van der Waals surface area contributed by atoms with Crippen LogP contribution < -0.4 is 5.32 Å². The summed E-state index contributed by atoms with van der Waals surface area (Å²) >= 11 is 1.54. The quantitative estimate of drug-likeness (QED) is 0.887. The number of hydrogen-bond donors (Lipinski definition) is 1. The molecule has 0 saturated heterocycles. The Morgan fingerprint density at radius 2 is 2.06 bits per heavy atom.